The summed E-state index contributed by atoms with van der Waals surface area (Å²) in [7, 11) is 1.09. The molecule has 2 heterocycles. The third-order valence-corrected chi connectivity index (χ3v) is 4.48. The number of ether oxygens (including phenoxy) is 1. The van der Waals surface area contributed by atoms with Crippen molar-refractivity contribution in [2.24, 2.45) is 7.05 Å². The third-order valence-electron chi connectivity index (χ3n) is 2.79. The maximum absolute atomic E-state index is 12.3. The lowest BCUT2D eigenvalue weighted by atomic mass is 10.3. The van der Waals surface area contributed by atoms with Crippen molar-refractivity contribution >= 4 is 10.0 Å². The monoisotopic (exact) mass is 296 g/mol. The van der Waals surface area contributed by atoms with E-state index in [0.717, 1.165) is 0 Å². The molecule has 0 amide bonds. The Hall–Kier alpha value is -1.93. The van der Waals surface area contributed by atoms with Crippen molar-refractivity contribution < 1.29 is 13.2 Å². The van der Waals surface area contributed by atoms with Crippen LogP contribution in [-0.4, -0.2) is 41.4 Å². The summed E-state index contributed by atoms with van der Waals surface area (Å²) in [5, 5.41) is 0.0188. The third kappa shape index (κ3) is 2.81. The minimum Gasteiger partial charge on any atom is -0.481 e. The Kier molecular flexibility index (Phi) is 4.05. The zero-order valence-corrected chi connectivity index (χ0v) is 12.3. The van der Waals surface area contributed by atoms with Crippen molar-refractivity contribution in [3.8, 4) is 5.88 Å². The number of hydrogen-bond donors (Lipinski definition) is 0. The second-order valence-electron chi connectivity index (χ2n) is 4.31. The Morgan fingerprint density at radius 3 is 2.75 bits per heavy atom. The molecule has 0 aliphatic carbocycles. The van der Waals surface area contributed by atoms with Crippen molar-refractivity contribution in [3.63, 3.8) is 0 Å². The Labute approximate surface area is 117 Å². The van der Waals surface area contributed by atoms with Crippen LogP contribution in [0.25, 0.3) is 0 Å². The molecule has 0 aliphatic rings. The Bertz CT molecular complexity index is 696. The standard InChI is InChI=1S/C12H16N4O3S/c1-15-8-11(14-9-15)20(17,18)16(2)7-10-5-4-6-13-12(10)19-3/h4-6,8-9H,7H2,1-3H3. The molecule has 2 aromatic rings. The largest absolute Gasteiger partial charge is 0.481 e. The molecule has 8 heteroatoms. The van der Waals surface area contributed by atoms with Crippen molar-refractivity contribution in [2.45, 2.75) is 11.6 Å². The van der Waals surface area contributed by atoms with Gasteiger partial charge in [0.25, 0.3) is 10.0 Å². The Balaban J connectivity index is 2.25. The highest BCUT2D eigenvalue weighted by Crippen LogP contribution is 2.19. The van der Waals surface area contributed by atoms with Crippen LogP contribution < -0.4 is 4.74 Å². The van der Waals surface area contributed by atoms with Crippen LogP contribution in [0.2, 0.25) is 0 Å². The summed E-state index contributed by atoms with van der Waals surface area (Å²) in [6.07, 6.45) is 4.51. The van der Waals surface area contributed by atoms with Gasteiger partial charge < -0.3 is 9.30 Å². The van der Waals surface area contributed by atoms with E-state index in [9.17, 15) is 8.42 Å². The van der Waals surface area contributed by atoms with E-state index in [-0.39, 0.29) is 11.6 Å². The molecule has 0 fully saturated rings. The summed E-state index contributed by atoms with van der Waals surface area (Å²) in [6.45, 7) is 0.163. The van der Waals surface area contributed by atoms with Gasteiger partial charge in [-0.05, 0) is 6.07 Å². The van der Waals surface area contributed by atoms with Gasteiger partial charge in [0, 0.05) is 38.6 Å². The highest BCUT2D eigenvalue weighted by Gasteiger charge is 2.24. The molecule has 0 aromatic carbocycles. The maximum atomic E-state index is 12.3. The molecular weight excluding hydrogens is 280 g/mol. The molecule has 0 bridgehead atoms. The zero-order valence-electron chi connectivity index (χ0n) is 11.5. The van der Waals surface area contributed by atoms with Gasteiger partial charge in [0.1, 0.15) is 0 Å². The predicted octanol–water partition coefficient (Wildman–Crippen LogP) is 0.644. The minimum absolute atomic E-state index is 0.0188. The van der Waals surface area contributed by atoms with Crippen LogP contribution in [0.5, 0.6) is 5.88 Å². The van der Waals surface area contributed by atoms with Gasteiger partial charge in [0.05, 0.1) is 13.4 Å². The lowest BCUT2D eigenvalue weighted by Gasteiger charge is -2.16. The van der Waals surface area contributed by atoms with Gasteiger partial charge >= 0.3 is 0 Å². The van der Waals surface area contributed by atoms with Crippen molar-refractivity contribution in [1.29, 1.82) is 0 Å². The molecule has 108 valence electrons. The zero-order chi connectivity index (χ0) is 14.8. The normalized spacial score (nSPS) is 11.8. The highest BCUT2D eigenvalue weighted by molar-refractivity contribution is 7.89. The van der Waals surface area contributed by atoms with Crippen LogP contribution >= 0.6 is 0 Å². The predicted molar refractivity (Wildman–Crippen MR) is 72.6 cm³/mol. The number of hydrogen-bond acceptors (Lipinski definition) is 5. The molecule has 7 nitrogen and oxygen atoms in total. The number of nitrogens with zero attached hydrogens (tertiary/aromatic N) is 4. The van der Waals surface area contributed by atoms with E-state index in [1.807, 2.05) is 0 Å². The first kappa shape index (κ1) is 14.5. The van der Waals surface area contributed by atoms with Crippen molar-refractivity contribution in [1.82, 2.24) is 18.8 Å². The minimum atomic E-state index is -3.62. The van der Waals surface area contributed by atoms with Crippen LogP contribution in [-0.2, 0) is 23.6 Å². The van der Waals surface area contributed by atoms with E-state index in [2.05, 4.69) is 9.97 Å². The fraction of sp³-hybridized carbons (Fsp3) is 0.333. The fourth-order valence-electron chi connectivity index (χ4n) is 1.73. The molecule has 0 atom stereocenters. The van der Waals surface area contributed by atoms with Crippen molar-refractivity contribution in [3.05, 3.63) is 36.4 Å². The van der Waals surface area contributed by atoms with Crippen LogP contribution in [0.3, 0.4) is 0 Å². The second-order valence-corrected chi connectivity index (χ2v) is 6.30. The smallest absolute Gasteiger partial charge is 0.262 e. The summed E-state index contributed by atoms with van der Waals surface area (Å²) in [4.78, 5) is 7.92. The van der Waals surface area contributed by atoms with Gasteiger partial charge in [-0.25, -0.2) is 18.4 Å². The lowest BCUT2D eigenvalue weighted by molar-refractivity contribution is 0.382. The number of methoxy groups -OCH3 is 1. The van der Waals surface area contributed by atoms with Crippen LogP contribution in [0, 0.1) is 0 Å². The first-order valence-corrected chi connectivity index (χ1v) is 7.31. The molecule has 0 spiro atoms. The van der Waals surface area contributed by atoms with Crippen LogP contribution in [0.1, 0.15) is 5.56 Å². The fourth-order valence-corrected chi connectivity index (χ4v) is 2.84. The van der Waals surface area contributed by atoms with Crippen LogP contribution in [0.4, 0.5) is 0 Å². The number of rotatable bonds is 5. The van der Waals surface area contributed by atoms with Gasteiger partial charge in [-0.3, -0.25) is 0 Å². The summed E-state index contributed by atoms with van der Waals surface area (Å²) in [6, 6.07) is 3.51. The van der Waals surface area contributed by atoms with E-state index >= 15 is 0 Å². The quantitative estimate of drug-likeness (QED) is 0.809. The molecule has 0 aliphatic heterocycles. The Morgan fingerprint density at radius 2 is 2.15 bits per heavy atom. The van der Waals surface area contributed by atoms with E-state index < -0.39 is 10.0 Å². The molecule has 2 aromatic heterocycles. The van der Waals surface area contributed by atoms with Gasteiger partial charge in [-0.1, -0.05) is 6.07 Å². The topological polar surface area (TPSA) is 77.3 Å². The van der Waals surface area contributed by atoms with Gasteiger partial charge in [-0.2, -0.15) is 4.31 Å². The average molecular weight is 296 g/mol. The number of imidazole rings is 1. The lowest BCUT2D eigenvalue weighted by Crippen LogP contribution is -2.27. The highest BCUT2D eigenvalue weighted by atomic mass is 32.2. The first-order chi connectivity index (χ1) is 9.45. The molecule has 2 rings (SSSR count). The van der Waals surface area contributed by atoms with E-state index in [1.54, 1.807) is 29.9 Å². The number of aryl methyl sites for hydroxylation is 1. The summed E-state index contributed by atoms with van der Waals surface area (Å²) < 4.78 is 32.6. The van der Waals surface area contributed by atoms with Crippen molar-refractivity contribution in [2.75, 3.05) is 14.2 Å². The van der Waals surface area contributed by atoms with Gasteiger partial charge in [-0.15, -0.1) is 0 Å². The number of sulfonamides is 1. The molecular formula is C12H16N4O3S. The first-order valence-electron chi connectivity index (χ1n) is 5.87. The molecule has 0 saturated heterocycles. The van der Waals surface area contributed by atoms with E-state index in [0.29, 0.717) is 11.4 Å². The maximum Gasteiger partial charge on any atom is 0.262 e. The second kappa shape index (κ2) is 5.59. The summed E-state index contributed by atoms with van der Waals surface area (Å²) >= 11 is 0. The number of aromatic nitrogens is 3. The number of pyridine rings is 1. The molecule has 0 saturated carbocycles. The molecule has 20 heavy (non-hydrogen) atoms. The molecule has 0 unspecified atom stereocenters. The summed E-state index contributed by atoms with van der Waals surface area (Å²) in [5.41, 5.74) is 0.692. The van der Waals surface area contributed by atoms with E-state index in [1.165, 1.54) is 31.0 Å². The molecule has 0 radical (unpaired) electrons. The average Bonchev–Trinajstić information content (AvgIpc) is 2.86. The SMILES string of the molecule is COc1ncccc1CN(C)S(=O)(=O)c1cn(C)cn1. The van der Waals surface area contributed by atoms with E-state index in [4.69, 9.17) is 4.74 Å². The van der Waals surface area contributed by atoms with Gasteiger partial charge in [0.15, 0.2) is 5.03 Å². The Morgan fingerprint density at radius 1 is 1.40 bits per heavy atom. The van der Waals surface area contributed by atoms with Gasteiger partial charge in [0.2, 0.25) is 5.88 Å². The summed E-state index contributed by atoms with van der Waals surface area (Å²) in [5.74, 6) is 0.413. The van der Waals surface area contributed by atoms with Crippen LogP contribution in [0.15, 0.2) is 35.9 Å². The molecule has 0 N–H and O–H groups in total.